The quantitative estimate of drug-likeness (QED) is 0.589. The lowest BCUT2D eigenvalue weighted by Crippen LogP contribution is -1.98. The second kappa shape index (κ2) is 3.65. The highest BCUT2D eigenvalue weighted by Gasteiger charge is 2.30. The molecule has 1 aliphatic carbocycles. The zero-order valence-electron chi connectivity index (χ0n) is 10.1. The van der Waals surface area contributed by atoms with Crippen LogP contribution in [0.5, 0.6) is 0 Å². The van der Waals surface area contributed by atoms with Gasteiger partial charge in [0, 0.05) is 15.7 Å². The van der Waals surface area contributed by atoms with Crippen molar-refractivity contribution in [1.82, 2.24) is 0 Å². The summed E-state index contributed by atoms with van der Waals surface area (Å²) in [6.07, 6.45) is 4.24. The van der Waals surface area contributed by atoms with Gasteiger partial charge in [-0.3, -0.25) is 0 Å². The van der Waals surface area contributed by atoms with E-state index >= 15 is 0 Å². The molecule has 2 aliphatic rings. The predicted octanol–water partition coefficient (Wildman–Crippen LogP) is 5.03. The number of fused-ring (bicyclic) bond motifs is 4. The standard InChI is InChI=1S/C17H12S/c1-11-5-4-8-15-17(11)14-9-12-6-2-3-7-13(12)10-16(14)18-15/h2-4,6-10,17H,1H3. The lowest BCUT2D eigenvalue weighted by Gasteiger charge is -2.14. The lowest BCUT2D eigenvalue weighted by molar-refractivity contribution is 0.967. The second-order valence-electron chi connectivity index (χ2n) is 4.84. The average Bonchev–Trinajstić information content (AvgIpc) is 2.74. The number of thioether (sulfide) groups is 1. The minimum Gasteiger partial charge on any atom is -0.121 e. The molecule has 1 heteroatoms. The molecule has 1 aliphatic heterocycles. The first-order valence-corrected chi connectivity index (χ1v) is 6.98. The molecule has 1 heterocycles. The van der Waals surface area contributed by atoms with Crippen molar-refractivity contribution in [2.24, 2.45) is 0 Å². The van der Waals surface area contributed by atoms with Gasteiger partial charge in [-0.05, 0) is 53.1 Å². The summed E-state index contributed by atoms with van der Waals surface area (Å²) in [7, 11) is 0. The number of hydrogen-bond acceptors (Lipinski definition) is 1. The van der Waals surface area contributed by atoms with Gasteiger partial charge in [0.2, 0.25) is 0 Å². The Hall–Kier alpha value is -1.69. The van der Waals surface area contributed by atoms with Crippen molar-refractivity contribution in [3.63, 3.8) is 0 Å². The molecule has 0 bridgehead atoms. The molecule has 86 valence electrons. The number of benzene rings is 2. The van der Waals surface area contributed by atoms with Gasteiger partial charge in [0.15, 0.2) is 0 Å². The Balaban J connectivity index is 2.01. The molecular formula is C17H12S. The smallest absolute Gasteiger partial charge is 0.0446 e. The van der Waals surface area contributed by atoms with Crippen molar-refractivity contribution in [3.05, 3.63) is 70.3 Å². The fourth-order valence-electron chi connectivity index (χ4n) is 2.81. The first-order valence-electron chi connectivity index (χ1n) is 6.17. The molecule has 0 spiro atoms. The minimum atomic E-state index is 0.444. The Morgan fingerprint density at radius 2 is 1.89 bits per heavy atom. The fourth-order valence-corrected chi connectivity index (χ4v) is 4.10. The zero-order valence-corrected chi connectivity index (χ0v) is 10.9. The van der Waals surface area contributed by atoms with E-state index in [2.05, 4.69) is 55.1 Å². The third-order valence-electron chi connectivity index (χ3n) is 3.69. The Morgan fingerprint density at radius 3 is 2.72 bits per heavy atom. The number of allylic oxidation sites excluding steroid dienone is 3. The highest BCUT2D eigenvalue weighted by Crippen LogP contribution is 2.53. The third kappa shape index (κ3) is 1.35. The van der Waals surface area contributed by atoms with E-state index in [1.165, 1.54) is 31.7 Å². The van der Waals surface area contributed by atoms with Crippen LogP contribution in [0.2, 0.25) is 0 Å². The van der Waals surface area contributed by atoms with E-state index in [0.29, 0.717) is 5.92 Å². The number of hydrogen-bond donors (Lipinski definition) is 0. The van der Waals surface area contributed by atoms with Gasteiger partial charge in [0.05, 0.1) is 0 Å². The summed E-state index contributed by atoms with van der Waals surface area (Å²) in [5.41, 5.74) is 6.12. The average molecular weight is 248 g/mol. The summed E-state index contributed by atoms with van der Waals surface area (Å²) >= 11 is 1.91. The molecule has 0 aromatic heterocycles. The largest absolute Gasteiger partial charge is 0.121 e. The minimum absolute atomic E-state index is 0.444. The van der Waals surface area contributed by atoms with Gasteiger partial charge in [-0.15, -0.1) is 5.73 Å². The summed E-state index contributed by atoms with van der Waals surface area (Å²) < 4.78 is 0. The highest BCUT2D eigenvalue weighted by atomic mass is 32.2. The lowest BCUT2D eigenvalue weighted by atomic mass is 9.89. The fraction of sp³-hybridized carbons (Fsp3) is 0.118. The molecule has 0 amide bonds. The predicted molar refractivity (Wildman–Crippen MR) is 77.9 cm³/mol. The van der Waals surface area contributed by atoms with E-state index in [1.807, 2.05) is 17.8 Å². The summed E-state index contributed by atoms with van der Waals surface area (Å²) in [6.45, 7) is 2.18. The summed E-state index contributed by atoms with van der Waals surface area (Å²) in [5.74, 6) is 0.444. The Kier molecular flexibility index (Phi) is 2.08. The first kappa shape index (κ1) is 10.3. The van der Waals surface area contributed by atoms with Gasteiger partial charge in [0.25, 0.3) is 0 Å². The Morgan fingerprint density at radius 1 is 1.11 bits per heavy atom. The van der Waals surface area contributed by atoms with E-state index in [-0.39, 0.29) is 0 Å². The van der Waals surface area contributed by atoms with Crippen LogP contribution in [0, 0.1) is 0 Å². The zero-order chi connectivity index (χ0) is 12.1. The van der Waals surface area contributed by atoms with E-state index in [1.54, 1.807) is 0 Å². The summed E-state index contributed by atoms with van der Waals surface area (Å²) in [6, 6.07) is 13.3. The van der Waals surface area contributed by atoms with Gasteiger partial charge in [0.1, 0.15) is 0 Å². The molecule has 1 unspecified atom stereocenters. The Labute approximate surface area is 111 Å². The molecule has 0 saturated heterocycles. The first-order chi connectivity index (χ1) is 8.83. The van der Waals surface area contributed by atoms with E-state index < -0.39 is 0 Å². The van der Waals surface area contributed by atoms with Crippen LogP contribution in [0.1, 0.15) is 18.4 Å². The van der Waals surface area contributed by atoms with Crippen LogP contribution >= 0.6 is 11.8 Å². The monoisotopic (exact) mass is 248 g/mol. The molecular weight excluding hydrogens is 236 g/mol. The van der Waals surface area contributed by atoms with Crippen molar-refractivity contribution < 1.29 is 0 Å². The van der Waals surface area contributed by atoms with E-state index in [0.717, 1.165) is 0 Å². The normalized spacial score (nSPS) is 20.4. The molecule has 18 heavy (non-hydrogen) atoms. The van der Waals surface area contributed by atoms with Crippen LogP contribution in [-0.2, 0) is 0 Å². The van der Waals surface area contributed by atoms with Gasteiger partial charge < -0.3 is 0 Å². The van der Waals surface area contributed by atoms with Crippen LogP contribution in [0.3, 0.4) is 0 Å². The van der Waals surface area contributed by atoms with Gasteiger partial charge in [-0.2, -0.15) is 0 Å². The third-order valence-corrected chi connectivity index (χ3v) is 4.87. The maximum absolute atomic E-state index is 3.34. The van der Waals surface area contributed by atoms with Crippen molar-refractivity contribution in [2.45, 2.75) is 17.7 Å². The molecule has 0 fully saturated rings. The molecule has 0 radical (unpaired) electrons. The van der Waals surface area contributed by atoms with Gasteiger partial charge >= 0.3 is 0 Å². The molecule has 0 N–H and O–H groups in total. The second-order valence-corrected chi connectivity index (χ2v) is 5.95. The maximum atomic E-state index is 3.34. The number of rotatable bonds is 0. The van der Waals surface area contributed by atoms with E-state index in [9.17, 15) is 0 Å². The Bertz CT molecular complexity index is 758. The van der Waals surface area contributed by atoms with E-state index in [4.69, 9.17) is 0 Å². The van der Waals surface area contributed by atoms with Crippen molar-refractivity contribution in [1.29, 1.82) is 0 Å². The van der Waals surface area contributed by atoms with Crippen LogP contribution in [0.4, 0.5) is 0 Å². The topological polar surface area (TPSA) is 0 Å². The van der Waals surface area contributed by atoms with Crippen molar-refractivity contribution >= 4 is 22.5 Å². The molecule has 4 rings (SSSR count). The maximum Gasteiger partial charge on any atom is 0.0446 e. The molecule has 0 saturated carbocycles. The van der Waals surface area contributed by atoms with Crippen LogP contribution < -0.4 is 0 Å². The molecule has 2 aromatic rings. The van der Waals surface area contributed by atoms with Crippen LogP contribution in [0.15, 0.2) is 69.7 Å². The molecule has 0 nitrogen and oxygen atoms in total. The van der Waals surface area contributed by atoms with Crippen LogP contribution in [-0.4, -0.2) is 0 Å². The highest BCUT2D eigenvalue weighted by molar-refractivity contribution is 8.03. The van der Waals surface area contributed by atoms with Crippen LogP contribution in [0.25, 0.3) is 10.8 Å². The van der Waals surface area contributed by atoms with Crippen molar-refractivity contribution in [3.8, 4) is 0 Å². The van der Waals surface area contributed by atoms with Crippen molar-refractivity contribution in [2.75, 3.05) is 0 Å². The molecule has 2 aromatic carbocycles. The summed E-state index contributed by atoms with van der Waals surface area (Å²) in [5, 5.41) is 2.66. The summed E-state index contributed by atoms with van der Waals surface area (Å²) in [4.78, 5) is 2.85. The van der Waals surface area contributed by atoms with Gasteiger partial charge in [-0.25, -0.2) is 0 Å². The SMILES string of the molecule is CC1=C=CC=C2Sc3cc4ccccc4cc3C12. The van der Waals surface area contributed by atoms with Gasteiger partial charge in [-0.1, -0.05) is 36.0 Å². The molecule has 1 atom stereocenters.